The zero-order chi connectivity index (χ0) is 19.2. The molecule has 1 aromatic rings. The molecule has 0 aliphatic carbocycles. The van der Waals surface area contributed by atoms with E-state index >= 15 is 0 Å². The molecule has 1 heterocycles. The smallest absolute Gasteiger partial charge is 0.416 e. The molecule has 0 spiro atoms. The van der Waals surface area contributed by atoms with Gasteiger partial charge in [-0.1, -0.05) is 25.1 Å². The number of carboxylic acids is 1. The predicted octanol–water partition coefficient (Wildman–Crippen LogP) is 3.38. The van der Waals surface area contributed by atoms with Gasteiger partial charge in [0.05, 0.1) is 22.1 Å². The minimum atomic E-state index is -4.71. The van der Waals surface area contributed by atoms with Crippen LogP contribution in [0.15, 0.2) is 35.7 Å². The number of nitrogens with one attached hydrogen (secondary N) is 1. The number of benzene rings is 1. The Morgan fingerprint density at radius 2 is 1.92 bits per heavy atom. The summed E-state index contributed by atoms with van der Waals surface area (Å²) in [7, 11) is 0. The van der Waals surface area contributed by atoms with Crippen molar-refractivity contribution in [2.24, 2.45) is 5.92 Å². The Bertz CT molecular complexity index is 760. The number of rotatable bonds is 3. The molecule has 6 nitrogen and oxygen atoms in total. The van der Waals surface area contributed by atoms with E-state index in [0.717, 1.165) is 12.1 Å². The molecule has 1 aliphatic rings. The minimum Gasteiger partial charge on any atom is -0.480 e. The Balaban J connectivity index is 2.78. The zero-order valence-electron chi connectivity index (χ0n) is 13.7. The van der Waals surface area contributed by atoms with Crippen molar-refractivity contribution in [2.45, 2.75) is 38.4 Å². The van der Waals surface area contributed by atoms with E-state index in [0.29, 0.717) is 0 Å². The number of nitrogens with zero attached hydrogens (tertiary/aromatic N) is 1. The summed E-state index contributed by atoms with van der Waals surface area (Å²) in [5.74, 6) is -3.62. The standard InChI is InChI=1S/C16H17F3N2O4/c1-8-12(10-6-4-5-7-11(10)16(17,18)19)13(21(24)25)9(2)20-15(8,3)14(22)23/h4-8,12,20H,1-3H3,(H,22,23)/t8?,12-,15?/m1/s1. The van der Waals surface area contributed by atoms with E-state index in [1.165, 1.54) is 32.9 Å². The maximum absolute atomic E-state index is 13.4. The maximum Gasteiger partial charge on any atom is 0.416 e. The van der Waals surface area contributed by atoms with Gasteiger partial charge in [-0.15, -0.1) is 0 Å². The summed E-state index contributed by atoms with van der Waals surface area (Å²) < 4.78 is 40.2. The van der Waals surface area contributed by atoms with Crippen molar-refractivity contribution >= 4 is 5.97 Å². The van der Waals surface area contributed by atoms with Crippen LogP contribution in [0.3, 0.4) is 0 Å². The van der Waals surface area contributed by atoms with Crippen molar-refractivity contribution in [3.05, 3.63) is 56.9 Å². The van der Waals surface area contributed by atoms with E-state index < -0.39 is 45.7 Å². The van der Waals surface area contributed by atoms with Crippen LogP contribution in [0, 0.1) is 16.0 Å². The molecule has 2 rings (SSSR count). The van der Waals surface area contributed by atoms with Gasteiger partial charge in [-0.2, -0.15) is 13.2 Å². The number of carbonyl (C=O) groups is 1. The molecule has 1 aromatic carbocycles. The van der Waals surface area contributed by atoms with Crippen molar-refractivity contribution < 1.29 is 28.0 Å². The van der Waals surface area contributed by atoms with Crippen LogP contribution in [0.4, 0.5) is 13.2 Å². The normalized spacial score (nSPS) is 27.0. The summed E-state index contributed by atoms with van der Waals surface area (Å²) >= 11 is 0. The fourth-order valence-electron chi connectivity index (χ4n) is 3.31. The first-order valence-electron chi connectivity index (χ1n) is 7.44. The van der Waals surface area contributed by atoms with Crippen LogP contribution in [-0.4, -0.2) is 21.5 Å². The first-order chi connectivity index (χ1) is 11.4. The molecule has 136 valence electrons. The highest BCUT2D eigenvalue weighted by Crippen LogP contribution is 2.46. The summed E-state index contributed by atoms with van der Waals surface area (Å²) in [5, 5.41) is 23.6. The number of allylic oxidation sites excluding steroid dienone is 2. The Labute approximate surface area is 141 Å². The van der Waals surface area contributed by atoms with Gasteiger partial charge in [0.1, 0.15) is 5.54 Å². The second-order valence-electron chi connectivity index (χ2n) is 6.25. The van der Waals surface area contributed by atoms with Gasteiger partial charge < -0.3 is 10.4 Å². The number of alkyl halides is 3. The van der Waals surface area contributed by atoms with Crippen LogP contribution < -0.4 is 5.32 Å². The average molecular weight is 358 g/mol. The van der Waals surface area contributed by atoms with Crippen LogP contribution in [0.25, 0.3) is 0 Å². The van der Waals surface area contributed by atoms with Gasteiger partial charge in [0, 0.05) is 5.92 Å². The van der Waals surface area contributed by atoms with Gasteiger partial charge in [0.2, 0.25) is 0 Å². The summed E-state index contributed by atoms with van der Waals surface area (Å²) in [6.45, 7) is 4.01. The van der Waals surface area contributed by atoms with Crippen LogP contribution in [-0.2, 0) is 11.0 Å². The molecule has 0 saturated heterocycles. The predicted molar refractivity (Wildman–Crippen MR) is 82.2 cm³/mol. The Morgan fingerprint density at radius 1 is 1.36 bits per heavy atom. The lowest BCUT2D eigenvalue weighted by Crippen LogP contribution is -2.58. The number of aliphatic carboxylic acids is 1. The van der Waals surface area contributed by atoms with Crippen molar-refractivity contribution in [1.29, 1.82) is 0 Å². The number of carboxylic acid groups (broad SMARTS) is 1. The third-order valence-corrected chi connectivity index (χ3v) is 4.78. The number of halogens is 3. The molecular weight excluding hydrogens is 341 g/mol. The Morgan fingerprint density at radius 3 is 2.40 bits per heavy atom. The summed E-state index contributed by atoms with van der Waals surface area (Å²) in [5.41, 5.74) is -3.47. The third-order valence-electron chi connectivity index (χ3n) is 4.78. The first-order valence-corrected chi connectivity index (χ1v) is 7.44. The van der Waals surface area contributed by atoms with Gasteiger partial charge in [-0.05, 0) is 25.5 Å². The third kappa shape index (κ3) is 3.06. The molecule has 0 saturated carbocycles. The minimum absolute atomic E-state index is 0.0602. The van der Waals surface area contributed by atoms with Gasteiger partial charge in [0.15, 0.2) is 0 Å². The summed E-state index contributed by atoms with van der Waals surface area (Å²) in [6, 6.07) is 4.55. The lowest BCUT2D eigenvalue weighted by molar-refractivity contribution is -0.434. The monoisotopic (exact) mass is 358 g/mol. The molecule has 0 radical (unpaired) electrons. The maximum atomic E-state index is 13.4. The van der Waals surface area contributed by atoms with E-state index in [4.69, 9.17) is 0 Å². The van der Waals surface area contributed by atoms with Gasteiger partial charge >= 0.3 is 12.1 Å². The summed E-state index contributed by atoms with van der Waals surface area (Å²) in [6.07, 6.45) is -4.71. The largest absolute Gasteiger partial charge is 0.480 e. The van der Waals surface area contributed by atoms with Gasteiger partial charge in [-0.25, -0.2) is 4.79 Å². The highest BCUT2D eigenvalue weighted by molar-refractivity contribution is 5.80. The van der Waals surface area contributed by atoms with Crippen LogP contribution in [0.2, 0.25) is 0 Å². The second-order valence-corrected chi connectivity index (χ2v) is 6.25. The zero-order valence-corrected chi connectivity index (χ0v) is 13.7. The number of hydrogen-bond acceptors (Lipinski definition) is 4. The molecule has 3 atom stereocenters. The molecule has 9 heteroatoms. The average Bonchev–Trinajstić information content (AvgIpc) is 2.49. The fraction of sp³-hybridized carbons (Fsp3) is 0.438. The molecule has 25 heavy (non-hydrogen) atoms. The van der Waals surface area contributed by atoms with E-state index in [1.54, 1.807) is 0 Å². The van der Waals surface area contributed by atoms with Gasteiger partial charge in [0.25, 0.3) is 5.70 Å². The SMILES string of the molecule is CC1=C([N+](=O)[O-])[C@@H](c2ccccc2C(F)(F)F)C(C)C(C)(C(=O)O)N1. The Hall–Kier alpha value is -2.58. The van der Waals surface area contributed by atoms with Crippen molar-refractivity contribution in [3.63, 3.8) is 0 Å². The molecular formula is C16H17F3N2O4. The molecule has 2 unspecified atom stereocenters. The lowest BCUT2D eigenvalue weighted by atomic mass is 9.69. The Kier molecular flexibility index (Phi) is 4.54. The molecule has 0 amide bonds. The van der Waals surface area contributed by atoms with E-state index in [2.05, 4.69) is 5.32 Å². The molecule has 1 aliphatic heterocycles. The summed E-state index contributed by atoms with van der Waals surface area (Å²) in [4.78, 5) is 22.5. The van der Waals surface area contributed by atoms with E-state index in [1.807, 2.05) is 0 Å². The van der Waals surface area contributed by atoms with E-state index in [-0.39, 0.29) is 11.3 Å². The first kappa shape index (κ1) is 18.8. The fourth-order valence-corrected chi connectivity index (χ4v) is 3.31. The van der Waals surface area contributed by atoms with Crippen LogP contribution in [0.5, 0.6) is 0 Å². The lowest BCUT2D eigenvalue weighted by Gasteiger charge is -2.41. The quantitative estimate of drug-likeness (QED) is 0.638. The topological polar surface area (TPSA) is 92.5 Å². The molecule has 0 aromatic heterocycles. The highest BCUT2D eigenvalue weighted by atomic mass is 19.4. The molecule has 0 fully saturated rings. The van der Waals surface area contributed by atoms with Crippen LogP contribution in [0.1, 0.15) is 37.8 Å². The highest BCUT2D eigenvalue weighted by Gasteiger charge is 2.53. The van der Waals surface area contributed by atoms with Crippen LogP contribution >= 0.6 is 0 Å². The van der Waals surface area contributed by atoms with Crippen molar-refractivity contribution in [2.75, 3.05) is 0 Å². The van der Waals surface area contributed by atoms with Crippen molar-refractivity contribution in [1.82, 2.24) is 5.32 Å². The van der Waals surface area contributed by atoms with Gasteiger partial charge in [-0.3, -0.25) is 10.1 Å². The van der Waals surface area contributed by atoms with Crippen molar-refractivity contribution in [3.8, 4) is 0 Å². The number of nitro groups is 1. The second kappa shape index (κ2) is 6.05. The molecule has 2 N–H and O–H groups in total. The molecule has 0 bridgehead atoms. The van der Waals surface area contributed by atoms with E-state index in [9.17, 15) is 33.2 Å². The number of hydrogen-bond donors (Lipinski definition) is 2.